The van der Waals surface area contributed by atoms with Crippen molar-refractivity contribution in [1.82, 2.24) is 9.97 Å². The number of unbranched alkanes of at least 4 members (excludes halogenated alkanes) is 10. The Kier molecular flexibility index (Phi) is 15.2. The highest BCUT2D eigenvalue weighted by molar-refractivity contribution is 9.14. The first kappa shape index (κ1) is 39.8. The quantitative estimate of drug-likeness (QED) is 0.0686. The van der Waals surface area contributed by atoms with Crippen LogP contribution in [0.4, 0.5) is 4.39 Å². The first-order valence-corrected chi connectivity index (χ1v) is 23.6. The molecule has 9 heteroatoms. The van der Waals surface area contributed by atoms with Crippen LogP contribution < -0.4 is 9.47 Å². The Bertz CT molecular complexity index is 2000. The minimum Gasteiger partial charge on any atom is -0.494 e. The number of hydrogen-bond acceptors (Lipinski definition) is 4. The molecule has 53 heavy (non-hydrogen) atoms. The number of nitrogens with zero attached hydrogens (tertiary/aromatic N) is 2. The summed E-state index contributed by atoms with van der Waals surface area (Å²) in [6.45, 7) is 5.83. The predicted octanol–water partition coefficient (Wildman–Crippen LogP) is 14.8. The first-order chi connectivity index (χ1) is 26.0. The van der Waals surface area contributed by atoms with Crippen LogP contribution in [0.2, 0.25) is 0 Å². The smallest absolute Gasteiger partial charge is 0.139 e. The van der Waals surface area contributed by atoms with Crippen LogP contribution >= 0.6 is 53.6 Å². The van der Waals surface area contributed by atoms with Gasteiger partial charge in [-0.25, -0.2) is 14.4 Å². The molecule has 2 aliphatic heterocycles. The molecule has 4 aromatic rings. The minimum atomic E-state index is -1.11. The van der Waals surface area contributed by atoms with Gasteiger partial charge in [-0.05, 0) is 98.0 Å². The molecule has 0 amide bonds. The molecule has 0 radical (unpaired) electrons. The second-order valence-electron chi connectivity index (χ2n) is 13.5. The fraction of sp³-hybridized carbons (Fsp3) is 0.364. The first-order valence-electron chi connectivity index (χ1n) is 19.2. The van der Waals surface area contributed by atoms with E-state index in [0.717, 1.165) is 59.2 Å². The largest absolute Gasteiger partial charge is 0.494 e. The van der Waals surface area contributed by atoms with Crippen molar-refractivity contribution in [1.29, 1.82) is 0 Å². The van der Waals surface area contributed by atoms with E-state index in [0.29, 0.717) is 29.3 Å². The third-order valence-corrected chi connectivity index (χ3v) is 16.2. The molecule has 0 saturated carbocycles. The van der Waals surface area contributed by atoms with E-state index in [-0.39, 0.29) is 5.82 Å². The monoisotopic (exact) mass is 880 g/mol. The van der Waals surface area contributed by atoms with Crippen molar-refractivity contribution >= 4 is 64.7 Å². The van der Waals surface area contributed by atoms with Gasteiger partial charge in [-0.15, -0.1) is 0 Å². The van der Waals surface area contributed by atoms with Crippen LogP contribution in [-0.4, -0.2) is 23.2 Å². The van der Waals surface area contributed by atoms with E-state index in [1.807, 2.05) is 48.6 Å². The van der Waals surface area contributed by atoms with E-state index in [1.54, 1.807) is 6.07 Å². The number of aromatic nitrogens is 2. The molecule has 3 aromatic carbocycles. The van der Waals surface area contributed by atoms with Gasteiger partial charge in [0, 0.05) is 23.7 Å². The van der Waals surface area contributed by atoms with Gasteiger partial charge < -0.3 is 9.47 Å². The molecular formula is C44H51Br2FN2O2S2. The number of hydrogen-bond donors (Lipinski definition) is 2. The van der Waals surface area contributed by atoms with Crippen LogP contribution in [0.5, 0.6) is 11.5 Å². The average molecular weight is 883 g/mol. The molecule has 6 rings (SSSR count). The molecule has 4 nitrogen and oxygen atoms in total. The highest BCUT2D eigenvalue weighted by atomic mass is 79.9. The third-order valence-electron chi connectivity index (χ3n) is 9.50. The van der Waals surface area contributed by atoms with Crippen LogP contribution in [0, 0.1) is 5.82 Å². The van der Waals surface area contributed by atoms with E-state index in [4.69, 9.17) is 19.4 Å². The summed E-state index contributed by atoms with van der Waals surface area (Å²) in [5, 5.41) is 4.21. The average Bonchev–Trinajstić information content (AvgIpc) is 3.80. The Balaban J connectivity index is 1.42. The van der Waals surface area contributed by atoms with E-state index in [1.165, 1.54) is 64.2 Å². The topological polar surface area (TPSA) is 44.2 Å². The second kappa shape index (κ2) is 20.2. The van der Waals surface area contributed by atoms with E-state index < -0.39 is 21.8 Å². The Hall–Kier alpha value is -2.85. The number of halogens is 3. The maximum absolute atomic E-state index is 16.5. The molecule has 0 saturated heterocycles. The molecule has 0 N–H and O–H groups in total. The Morgan fingerprint density at radius 1 is 0.604 bits per heavy atom. The molecule has 0 bridgehead atoms. The summed E-state index contributed by atoms with van der Waals surface area (Å²) in [5.41, 5.74) is 4.52. The zero-order valence-electron chi connectivity index (χ0n) is 30.8. The van der Waals surface area contributed by atoms with Crippen LogP contribution in [0.1, 0.15) is 90.9 Å². The fourth-order valence-corrected chi connectivity index (χ4v) is 12.2. The predicted molar refractivity (Wildman–Crippen MR) is 235 cm³/mol. The third kappa shape index (κ3) is 10.3. The van der Waals surface area contributed by atoms with Gasteiger partial charge >= 0.3 is 0 Å². The molecule has 282 valence electrons. The Labute approximate surface area is 337 Å². The van der Waals surface area contributed by atoms with Crippen LogP contribution in [0.3, 0.4) is 0 Å². The normalized spacial score (nSPS) is 17.8. The molecule has 2 unspecified atom stereocenters. The van der Waals surface area contributed by atoms with E-state index in [2.05, 4.69) is 80.8 Å². The van der Waals surface area contributed by atoms with Crippen molar-refractivity contribution < 1.29 is 13.9 Å². The lowest BCUT2D eigenvalue weighted by atomic mass is 10.0. The Morgan fingerprint density at radius 2 is 1.09 bits per heavy atom. The lowest BCUT2D eigenvalue weighted by molar-refractivity contribution is 0.304. The molecule has 0 spiro atoms. The van der Waals surface area contributed by atoms with E-state index >= 15 is 4.39 Å². The number of ether oxygens (including phenoxy) is 2. The van der Waals surface area contributed by atoms with Gasteiger partial charge in [0.05, 0.1) is 29.5 Å². The van der Waals surface area contributed by atoms with Gasteiger partial charge in [0.1, 0.15) is 28.3 Å². The van der Waals surface area contributed by atoms with Crippen LogP contribution in [0.25, 0.3) is 33.5 Å². The minimum absolute atomic E-state index is 0.257. The summed E-state index contributed by atoms with van der Waals surface area (Å²) < 4.78 is 31.1. The van der Waals surface area contributed by atoms with E-state index in [9.17, 15) is 0 Å². The van der Waals surface area contributed by atoms with Crippen molar-refractivity contribution in [2.45, 2.75) is 101 Å². The molecule has 3 heterocycles. The lowest BCUT2D eigenvalue weighted by Crippen LogP contribution is -2.03. The Morgan fingerprint density at radius 3 is 1.60 bits per heavy atom. The fourth-order valence-electron chi connectivity index (χ4n) is 6.67. The molecule has 2 atom stereocenters. The number of benzene rings is 3. The maximum Gasteiger partial charge on any atom is 0.139 e. The zero-order valence-corrected chi connectivity index (χ0v) is 35.8. The van der Waals surface area contributed by atoms with Gasteiger partial charge in [-0.3, -0.25) is 0 Å². The van der Waals surface area contributed by atoms with Gasteiger partial charge in [0.2, 0.25) is 0 Å². The number of allylic oxidation sites excluding steroid dienone is 4. The lowest BCUT2D eigenvalue weighted by Gasteiger charge is -2.23. The summed E-state index contributed by atoms with van der Waals surface area (Å²) in [6, 6.07) is 18.0. The number of fused-ring (bicyclic) bond motifs is 1. The summed E-state index contributed by atoms with van der Waals surface area (Å²) >= 11 is 7.50. The maximum atomic E-state index is 16.5. The summed E-state index contributed by atoms with van der Waals surface area (Å²) in [5.74, 6) is 1.34. The van der Waals surface area contributed by atoms with Crippen LogP contribution in [0.15, 0.2) is 107 Å². The second-order valence-corrected chi connectivity index (χ2v) is 20.4. The van der Waals surface area contributed by atoms with Crippen molar-refractivity contribution in [3.8, 4) is 34.0 Å². The van der Waals surface area contributed by atoms with Gasteiger partial charge in [-0.1, -0.05) is 114 Å². The summed E-state index contributed by atoms with van der Waals surface area (Å²) in [4.78, 5) is 12.3. The highest BCUT2D eigenvalue weighted by Gasteiger charge is 2.27. The zero-order chi connectivity index (χ0) is 37.0. The molecule has 1 aromatic heterocycles. The van der Waals surface area contributed by atoms with Gasteiger partial charge in [0.15, 0.2) is 0 Å². The summed E-state index contributed by atoms with van der Waals surface area (Å²) in [7, 11) is -2.07. The van der Waals surface area contributed by atoms with Crippen molar-refractivity contribution in [2.24, 2.45) is 0 Å². The van der Waals surface area contributed by atoms with Crippen molar-refractivity contribution in [2.75, 3.05) is 13.2 Å². The number of rotatable bonds is 20. The SMILES string of the molecule is CCCCCCCCOc1cccc(-c2nc3c([SH]4C=CC=C4Br)cc(F)c([SH]4C=CC=C4Br)c3nc2-c2cccc(OCCCCCCCC)c2)c1. The van der Waals surface area contributed by atoms with Crippen LogP contribution in [-0.2, 0) is 0 Å². The molecule has 0 fully saturated rings. The standard InChI is InChI=1S/C44H51Br2FN2O2S2/c1-3-5-7-9-11-13-25-50-34-21-15-19-32(29-34)40-41(33-20-16-22-35(30-33)51-26-14-12-10-8-6-4-2)49-43-42(48-40)37(52-27-17-23-38(52)45)31-36(47)44(43)53-28-18-24-39(53)46/h15-24,27-31,52-53H,3-14,25-26H2,1-2H3. The van der Waals surface area contributed by atoms with Gasteiger partial charge in [-0.2, -0.15) is 21.8 Å². The highest BCUT2D eigenvalue weighted by Crippen LogP contribution is 2.58. The molecular weight excluding hydrogens is 831 g/mol. The summed E-state index contributed by atoms with van der Waals surface area (Å²) in [6.07, 6.45) is 22.5. The van der Waals surface area contributed by atoms with Crippen molar-refractivity contribution in [3.05, 3.63) is 103 Å². The van der Waals surface area contributed by atoms with Crippen molar-refractivity contribution in [3.63, 3.8) is 0 Å². The number of thiol groups is 2. The molecule has 2 aliphatic rings. The van der Waals surface area contributed by atoms with Gasteiger partial charge in [0.25, 0.3) is 0 Å². The molecule has 0 aliphatic carbocycles.